The van der Waals surface area contributed by atoms with Gasteiger partial charge < -0.3 is 14.2 Å². The van der Waals surface area contributed by atoms with E-state index in [9.17, 15) is 4.79 Å². The van der Waals surface area contributed by atoms with Crippen LogP contribution in [-0.2, 0) is 16.6 Å². The Hall–Kier alpha value is -1.08. The summed E-state index contributed by atoms with van der Waals surface area (Å²) in [6.07, 6.45) is 3.73. The van der Waals surface area contributed by atoms with Crippen molar-refractivity contribution in [1.82, 2.24) is 19.7 Å². The van der Waals surface area contributed by atoms with Gasteiger partial charge in [-0.3, -0.25) is 4.79 Å². The van der Waals surface area contributed by atoms with Gasteiger partial charge in [0.05, 0.1) is 0 Å². The van der Waals surface area contributed by atoms with Crippen molar-refractivity contribution in [2.24, 2.45) is 7.05 Å². The van der Waals surface area contributed by atoms with Crippen LogP contribution in [0.2, 0.25) is 0 Å². The lowest BCUT2D eigenvalue weighted by atomic mass is 9.96. The molecule has 122 valence electrons. The molecule has 7 heteroatoms. The summed E-state index contributed by atoms with van der Waals surface area (Å²) in [5, 5.41) is 9.61. The van der Waals surface area contributed by atoms with E-state index in [-0.39, 0.29) is 17.9 Å². The molecule has 3 heterocycles. The van der Waals surface area contributed by atoms with Crippen molar-refractivity contribution >= 4 is 17.7 Å². The molecule has 1 aromatic rings. The van der Waals surface area contributed by atoms with E-state index in [0.717, 1.165) is 55.5 Å². The molecule has 2 aliphatic heterocycles. The Morgan fingerprint density at radius 2 is 2.23 bits per heavy atom. The molecular weight excluding hydrogens is 300 g/mol. The summed E-state index contributed by atoms with van der Waals surface area (Å²) in [4.78, 5) is 14.5. The van der Waals surface area contributed by atoms with Crippen LogP contribution in [0.5, 0.6) is 0 Å². The lowest BCUT2D eigenvalue weighted by Gasteiger charge is -2.33. The molecule has 2 atom stereocenters. The van der Waals surface area contributed by atoms with Crippen molar-refractivity contribution in [3.05, 3.63) is 5.82 Å². The fourth-order valence-electron chi connectivity index (χ4n) is 3.30. The molecular formula is C15H24N4O2S. The molecule has 0 aromatic carbocycles. The second-order valence-electron chi connectivity index (χ2n) is 5.96. The van der Waals surface area contributed by atoms with E-state index in [0.29, 0.717) is 6.61 Å². The molecule has 1 aromatic heterocycles. The minimum absolute atomic E-state index is 0.160. The summed E-state index contributed by atoms with van der Waals surface area (Å²) < 4.78 is 7.62. The van der Waals surface area contributed by atoms with Gasteiger partial charge >= 0.3 is 0 Å². The Morgan fingerprint density at radius 1 is 1.36 bits per heavy atom. The number of carbonyl (C=O) groups is 1. The first-order valence-electron chi connectivity index (χ1n) is 8.13. The summed E-state index contributed by atoms with van der Waals surface area (Å²) in [5.74, 6) is 2.43. The number of piperidine rings is 1. The first kappa shape index (κ1) is 15.8. The lowest BCUT2D eigenvalue weighted by Crippen LogP contribution is -2.44. The Kier molecular flexibility index (Phi) is 5.03. The highest BCUT2D eigenvalue weighted by atomic mass is 32.2. The second kappa shape index (κ2) is 7.00. The van der Waals surface area contributed by atoms with Crippen LogP contribution in [0.3, 0.4) is 0 Å². The van der Waals surface area contributed by atoms with Crippen LogP contribution in [0, 0.1) is 0 Å². The molecule has 2 saturated heterocycles. The van der Waals surface area contributed by atoms with Crippen molar-refractivity contribution in [2.45, 2.75) is 49.8 Å². The highest BCUT2D eigenvalue weighted by molar-refractivity contribution is 7.99. The zero-order valence-corrected chi connectivity index (χ0v) is 14.1. The number of amides is 1. The van der Waals surface area contributed by atoms with Crippen molar-refractivity contribution in [1.29, 1.82) is 0 Å². The molecule has 2 aliphatic rings. The first-order valence-corrected chi connectivity index (χ1v) is 9.11. The summed E-state index contributed by atoms with van der Waals surface area (Å²) in [6, 6.07) is 0. The topological polar surface area (TPSA) is 60.3 Å². The van der Waals surface area contributed by atoms with Gasteiger partial charge in [-0.25, -0.2) is 0 Å². The monoisotopic (exact) mass is 324 g/mol. The number of nitrogens with zero attached hydrogens (tertiary/aromatic N) is 4. The molecule has 1 amide bonds. The second-order valence-corrected chi connectivity index (χ2v) is 7.19. The van der Waals surface area contributed by atoms with Gasteiger partial charge in [-0.1, -0.05) is 18.7 Å². The Bertz CT molecular complexity index is 528. The van der Waals surface area contributed by atoms with Crippen molar-refractivity contribution in [3.8, 4) is 0 Å². The van der Waals surface area contributed by atoms with E-state index in [1.54, 1.807) is 11.8 Å². The van der Waals surface area contributed by atoms with E-state index in [2.05, 4.69) is 21.7 Å². The maximum Gasteiger partial charge on any atom is 0.251 e. The minimum atomic E-state index is -0.218. The summed E-state index contributed by atoms with van der Waals surface area (Å²) in [7, 11) is 2.02. The van der Waals surface area contributed by atoms with Gasteiger partial charge in [0.25, 0.3) is 5.91 Å². The smallest absolute Gasteiger partial charge is 0.251 e. The van der Waals surface area contributed by atoms with Gasteiger partial charge in [-0.15, -0.1) is 10.2 Å². The minimum Gasteiger partial charge on any atom is -0.368 e. The fourth-order valence-corrected chi connectivity index (χ4v) is 3.94. The van der Waals surface area contributed by atoms with Gasteiger partial charge in [0, 0.05) is 32.7 Å². The number of carbonyl (C=O) groups excluding carboxylic acids is 1. The third-order valence-electron chi connectivity index (χ3n) is 4.45. The summed E-state index contributed by atoms with van der Waals surface area (Å²) in [5.41, 5.74) is 0. The molecule has 0 saturated carbocycles. The van der Waals surface area contributed by atoms with Gasteiger partial charge in [0.2, 0.25) is 0 Å². The summed E-state index contributed by atoms with van der Waals surface area (Å²) in [6.45, 7) is 4.40. The maximum absolute atomic E-state index is 12.5. The van der Waals surface area contributed by atoms with Gasteiger partial charge in [0.15, 0.2) is 5.16 Å². The number of hydrogen-bond acceptors (Lipinski definition) is 5. The third kappa shape index (κ3) is 3.15. The van der Waals surface area contributed by atoms with Crippen LogP contribution in [0.25, 0.3) is 0 Å². The van der Waals surface area contributed by atoms with Crippen LogP contribution < -0.4 is 0 Å². The Morgan fingerprint density at radius 3 is 2.95 bits per heavy atom. The molecule has 2 fully saturated rings. The molecule has 0 radical (unpaired) electrons. The quantitative estimate of drug-likeness (QED) is 0.791. The van der Waals surface area contributed by atoms with Crippen molar-refractivity contribution < 1.29 is 9.53 Å². The number of rotatable bonds is 4. The number of aromatic nitrogens is 3. The van der Waals surface area contributed by atoms with E-state index in [1.807, 2.05) is 11.9 Å². The third-order valence-corrected chi connectivity index (χ3v) is 5.35. The highest BCUT2D eigenvalue weighted by Gasteiger charge is 2.33. The van der Waals surface area contributed by atoms with E-state index in [4.69, 9.17) is 4.74 Å². The zero-order chi connectivity index (χ0) is 15.5. The van der Waals surface area contributed by atoms with Crippen molar-refractivity contribution in [3.63, 3.8) is 0 Å². The molecule has 0 N–H and O–H groups in total. The van der Waals surface area contributed by atoms with Crippen LogP contribution >= 0.6 is 11.8 Å². The predicted octanol–water partition coefficient (Wildman–Crippen LogP) is 1.81. The number of likely N-dealkylation sites (tertiary alicyclic amines) is 1. The van der Waals surface area contributed by atoms with E-state index >= 15 is 0 Å². The number of hydrogen-bond donors (Lipinski definition) is 0. The Labute approximate surface area is 135 Å². The van der Waals surface area contributed by atoms with Crippen LogP contribution in [-0.4, -0.2) is 57.1 Å². The summed E-state index contributed by atoms with van der Waals surface area (Å²) >= 11 is 1.70. The van der Waals surface area contributed by atoms with Gasteiger partial charge in [0.1, 0.15) is 11.9 Å². The van der Waals surface area contributed by atoms with E-state index < -0.39 is 0 Å². The Balaban J connectivity index is 1.68. The molecule has 0 spiro atoms. The largest absolute Gasteiger partial charge is 0.368 e. The van der Waals surface area contributed by atoms with Crippen LogP contribution in [0.1, 0.15) is 44.3 Å². The normalized spacial score (nSPS) is 25.6. The molecule has 0 aliphatic carbocycles. The standard InChI is InChI=1S/C15H24N4O2S/c1-3-22-15-17-16-13(18(15)2)11-6-4-8-19(10-11)14(20)12-7-5-9-21-12/h11-12H,3-10H2,1-2H3/t11-,12-/m0/s1. The number of thioether (sulfide) groups is 1. The van der Waals surface area contributed by atoms with Gasteiger partial charge in [-0.2, -0.15) is 0 Å². The highest BCUT2D eigenvalue weighted by Crippen LogP contribution is 2.29. The molecule has 0 bridgehead atoms. The molecule has 6 nitrogen and oxygen atoms in total. The average Bonchev–Trinajstić information content (AvgIpc) is 3.18. The molecule has 22 heavy (non-hydrogen) atoms. The lowest BCUT2D eigenvalue weighted by molar-refractivity contribution is -0.142. The SMILES string of the molecule is CCSc1nnc([C@H]2CCCN(C(=O)[C@@H]3CCCO3)C2)n1C. The van der Waals surface area contributed by atoms with Crippen LogP contribution in [0.15, 0.2) is 5.16 Å². The average molecular weight is 324 g/mol. The molecule has 3 rings (SSSR count). The van der Waals surface area contributed by atoms with E-state index in [1.165, 1.54) is 0 Å². The zero-order valence-electron chi connectivity index (χ0n) is 13.3. The first-order chi connectivity index (χ1) is 10.7. The van der Waals surface area contributed by atoms with Crippen molar-refractivity contribution in [2.75, 3.05) is 25.4 Å². The maximum atomic E-state index is 12.5. The van der Waals surface area contributed by atoms with Crippen LogP contribution in [0.4, 0.5) is 0 Å². The predicted molar refractivity (Wildman–Crippen MR) is 84.9 cm³/mol. The fraction of sp³-hybridized carbons (Fsp3) is 0.800. The molecule has 0 unspecified atom stereocenters. The number of ether oxygens (including phenoxy) is 1. The van der Waals surface area contributed by atoms with Gasteiger partial charge in [-0.05, 0) is 31.4 Å².